The van der Waals surface area contributed by atoms with E-state index in [0.717, 1.165) is 30.8 Å². The molecule has 1 atom stereocenters. The fourth-order valence-electron chi connectivity index (χ4n) is 2.86. The van der Waals surface area contributed by atoms with E-state index in [2.05, 4.69) is 16.7 Å². The molecule has 0 saturated carbocycles. The molecule has 0 bridgehead atoms. The standard InChI is InChI=1S/C16H26N2O3S/c1-5-21-15-8-13(3)16(9-12(15)2)22(19,20)17-10-14-6-7-18(4)11-14/h8-9,14,17H,5-7,10-11H2,1-4H3. The second kappa shape index (κ2) is 6.98. The van der Waals surface area contributed by atoms with Gasteiger partial charge in [-0.3, -0.25) is 0 Å². The first-order valence-corrected chi connectivity index (χ1v) is 9.24. The highest BCUT2D eigenvalue weighted by molar-refractivity contribution is 7.89. The summed E-state index contributed by atoms with van der Waals surface area (Å²) in [5.74, 6) is 1.14. The molecule has 1 aromatic rings. The summed E-state index contributed by atoms with van der Waals surface area (Å²) in [7, 11) is -1.41. The third-order valence-corrected chi connectivity index (χ3v) is 5.68. The van der Waals surface area contributed by atoms with Crippen LogP contribution >= 0.6 is 0 Å². The van der Waals surface area contributed by atoms with Gasteiger partial charge in [0.2, 0.25) is 10.0 Å². The lowest BCUT2D eigenvalue weighted by Crippen LogP contribution is -2.31. The molecule has 1 saturated heterocycles. The molecule has 1 aliphatic rings. The minimum absolute atomic E-state index is 0.347. The first-order chi connectivity index (χ1) is 10.3. The third-order valence-electron chi connectivity index (χ3n) is 4.11. The minimum atomic E-state index is -3.47. The smallest absolute Gasteiger partial charge is 0.240 e. The van der Waals surface area contributed by atoms with Crippen LogP contribution in [0.1, 0.15) is 24.5 Å². The number of sulfonamides is 1. The van der Waals surface area contributed by atoms with Crippen molar-refractivity contribution in [2.45, 2.75) is 32.1 Å². The van der Waals surface area contributed by atoms with Crippen LogP contribution < -0.4 is 9.46 Å². The number of nitrogens with zero attached hydrogens (tertiary/aromatic N) is 1. The number of hydrogen-bond acceptors (Lipinski definition) is 4. The Bertz CT molecular complexity index is 629. The van der Waals surface area contributed by atoms with Gasteiger partial charge in [0.25, 0.3) is 0 Å². The molecule has 1 unspecified atom stereocenters. The van der Waals surface area contributed by atoms with Crippen molar-refractivity contribution >= 4 is 10.0 Å². The predicted molar refractivity (Wildman–Crippen MR) is 87.9 cm³/mol. The van der Waals surface area contributed by atoms with Crippen molar-refractivity contribution in [3.63, 3.8) is 0 Å². The minimum Gasteiger partial charge on any atom is -0.494 e. The molecule has 1 N–H and O–H groups in total. The van der Waals surface area contributed by atoms with Gasteiger partial charge in [-0.2, -0.15) is 0 Å². The van der Waals surface area contributed by atoms with Gasteiger partial charge in [0, 0.05) is 13.1 Å². The second-order valence-corrected chi connectivity index (χ2v) is 7.82. The van der Waals surface area contributed by atoms with Crippen molar-refractivity contribution in [3.05, 3.63) is 23.3 Å². The molecule has 1 aromatic carbocycles. The van der Waals surface area contributed by atoms with E-state index in [4.69, 9.17) is 4.74 Å². The molecule has 0 amide bonds. The van der Waals surface area contributed by atoms with Gasteiger partial charge in [-0.15, -0.1) is 0 Å². The van der Waals surface area contributed by atoms with E-state index in [-0.39, 0.29) is 0 Å². The molecule has 124 valence electrons. The SMILES string of the molecule is CCOc1cc(C)c(S(=O)(=O)NCC2CCN(C)C2)cc1C. The molecule has 1 heterocycles. The molecule has 0 aliphatic carbocycles. The molecule has 0 radical (unpaired) electrons. The van der Waals surface area contributed by atoms with E-state index in [1.165, 1.54) is 0 Å². The van der Waals surface area contributed by atoms with E-state index in [9.17, 15) is 8.42 Å². The number of ether oxygens (including phenoxy) is 1. The van der Waals surface area contributed by atoms with Gasteiger partial charge in [-0.1, -0.05) is 0 Å². The summed E-state index contributed by atoms with van der Waals surface area (Å²) in [4.78, 5) is 2.57. The lowest BCUT2D eigenvalue weighted by Gasteiger charge is -2.15. The predicted octanol–water partition coefficient (Wildman–Crippen LogP) is 1.93. The number of rotatable bonds is 6. The molecular formula is C16H26N2O3S. The quantitative estimate of drug-likeness (QED) is 0.868. The number of nitrogens with one attached hydrogen (secondary N) is 1. The Morgan fingerprint density at radius 3 is 2.64 bits per heavy atom. The van der Waals surface area contributed by atoms with Crippen molar-refractivity contribution < 1.29 is 13.2 Å². The molecule has 2 rings (SSSR count). The highest BCUT2D eigenvalue weighted by Gasteiger charge is 2.23. The number of benzene rings is 1. The summed E-state index contributed by atoms with van der Waals surface area (Å²) < 4.78 is 33.4. The Hall–Kier alpha value is -1.11. The lowest BCUT2D eigenvalue weighted by atomic mass is 10.1. The van der Waals surface area contributed by atoms with Gasteiger partial charge in [0.15, 0.2) is 0 Å². The molecule has 0 aromatic heterocycles. The Balaban J connectivity index is 2.13. The maximum Gasteiger partial charge on any atom is 0.240 e. The second-order valence-electron chi connectivity index (χ2n) is 6.09. The number of hydrogen-bond donors (Lipinski definition) is 1. The van der Waals surface area contributed by atoms with Gasteiger partial charge in [0.05, 0.1) is 11.5 Å². The van der Waals surface area contributed by atoms with Crippen LogP contribution in [0.3, 0.4) is 0 Å². The van der Waals surface area contributed by atoms with E-state index >= 15 is 0 Å². The summed E-state index contributed by atoms with van der Waals surface area (Å²) >= 11 is 0. The summed E-state index contributed by atoms with van der Waals surface area (Å²) in [6, 6.07) is 3.50. The van der Waals surface area contributed by atoms with Gasteiger partial charge >= 0.3 is 0 Å². The monoisotopic (exact) mass is 326 g/mol. The van der Waals surface area contributed by atoms with Crippen molar-refractivity contribution in [2.75, 3.05) is 33.3 Å². The number of likely N-dealkylation sites (tertiary alicyclic amines) is 1. The average Bonchev–Trinajstić information content (AvgIpc) is 2.86. The summed E-state index contributed by atoms with van der Waals surface area (Å²) in [6.45, 7) is 8.64. The van der Waals surface area contributed by atoms with Crippen molar-refractivity contribution in [3.8, 4) is 5.75 Å². The van der Waals surface area contributed by atoms with E-state index < -0.39 is 10.0 Å². The first-order valence-electron chi connectivity index (χ1n) is 7.75. The highest BCUT2D eigenvalue weighted by Crippen LogP contribution is 2.26. The van der Waals surface area contributed by atoms with Gasteiger partial charge < -0.3 is 9.64 Å². The molecule has 1 fully saturated rings. The average molecular weight is 326 g/mol. The van der Waals surface area contributed by atoms with Crippen molar-refractivity contribution in [2.24, 2.45) is 5.92 Å². The zero-order valence-electron chi connectivity index (χ0n) is 13.8. The van der Waals surface area contributed by atoms with Crippen LogP contribution in [-0.4, -0.2) is 46.6 Å². The highest BCUT2D eigenvalue weighted by atomic mass is 32.2. The van der Waals surface area contributed by atoms with Crippen LogP contribution in [0, 0.1) is 19.8 Å². The Morgan fingerprint density at radius 1 is 1.32 bits per heavy atom. The Morgan fingerprint density at radius 2 is 2.05 bits per heavy atom. The maximum absolute atomic E-state index is 12.5. The third kappa shape index (κ3) is 4.00. The molecule has 22 heavy (non-hydrogen) atoms. The largest absolute Gasteiger partial charge is 0.494 e. The molecule has 0 spiro atoms. The van der Waals surface area contributed by atoms with Crippen LogP contribution in [0.15, 0.2) is 17.0 Å². The van der Waals surface area contributed by atoms with E-state index in [0.29, 0.717) is 29.5 Å². The topological polar surface area (TPSA) is 58.6 Å². The zero-order chi connectivity index (χ0) is 16.3. The summed E-state index contributed by atoms with van der Waals surface area (Å²) in [6.07, 6.45) is 1.04. The van der Waals surface area contributed by atoms with Gasteiger partial charge in [-0.25, -0.2) is 13.1 Å². The van der Waals surface area contributed by atoms with E-state index in [1.807, 2.05) is 13.8 Å². The first kappa shape index (κ1) is 17.2. The van der Waals surface area contributed by atoms with Crippen molar-refractivity contribution in [1.82, 2.24) is 9.62 Å². The molecule has 5 nitrogen and oxygen atoms in total. The maximum atomic E-state index is 12.5. The normalized spacial score (nSPS) is 19.5. The Labute approximate surface area is 133 Å². The fourth-order valence-corrected chi connectivity index (χ4v) is 4.29. The number of aryl methyl sites for hydroxylation is 2. The molecular weight excluding hydrogens is 300 g/mol. The van der Waals surface area contributed by atoms with Crippen LogP contribution in [-0.2, 0) is 10.0 Å². The fraction of sp³-hybridized carbons (Fsp3) is 0.625. The van der Waals surface area contributed by atoms with Crippen LogP contribution in [0.5, 0.6) is 5.75 Å². The van der Waals surface area contributed by atoms with Crippen LogP contribution in [0.25, 0.3) is 0 Å². The van der Waals surface area contributed by atoms with Gasteiger partial charge in [0.1, 0.15) is 5.75 Å². The molecule has 1 aliphatic heterocycles. The van der Waals surface area contributed by atoms with E-state index in [1.54, 1.807) is 19.1 Å². The van der Waals surface area contributed by atoms with Crippen LogP contribution in [0.2, 0.25) is 0 Å². The summed E-state index contributed by atoms with van der Waals surface area (Å²) in [5, 5.41) is 0. The van der Waals surface area contributed by atoms with Crippen LogP contribution in [0.4, 0.5) is 0 Å². The van der Waals surface area contributed by atoms with Gasteiger partial charge in [-0.05, 0) is 70.0 Å². The molecule has 6 heteroatoms. The Kier molecular flexibility index (Phi) is 5.47. The lowest BCUT2D eigenvalue weighted by molar-refractivity contribution is 0.337. The summed E-state index contributed by atoms with van der Waals surface area (Å²) in [5.41, 5.74) is 1.55. The zero-order valence-corrected chi connectivity index (χ0v) is 14.7. The van der Waals surface area contributed by atoms with Crippen molar-refractivity contribution in [1.29, 1.82) is 0 Å².